The molecule has 13 heteroatoms. The Morgan fingerprint density at radius 3 is 0.615 bits per heavy atom. The van der Waals surface area contributed by atoms with E-state index in [4.69, 9.17) is 17.5 Å². The molecular weight excluding hydrogens is 672 g/mol. The second-order valence-electron chi connectivity index (χ2n) is 0.408. The third kappa shape index (κ3) is 86.9. The van der Waals surface area contributed by atoms with Crippen molar-refractivity contribution in [3.05, 3.63) is 0 Å². The zero-order chi connectivity index (χ0) is 4.50. The molecule has 56 valence electrons. The SMILES string of the molecule is O=S(=O)([O-])[O-].[I-].[I-].[I-].[K+].[K+].[K+].[K+].[K+]. The first-order valence-corrected chi connectivity index (χ1v) is 2.00. The van der Waals surface area contributed by atoms with E-state index in [0.717, 1.165) is 0 Å². The van der Waals surface area contributed by atoms with E-state index in [1.54, 1.807) is 0 Å². The van der Waals surface area contributed by atoms with E-state index in [-0.39, 0.29) is 329 Å². The van der Waals surface area contributed by atoms with Crippen LogP contribution in [0.1, 0.15) is 0 Å². The summed E-state index contributed by atoms with van der Waals surface area (Å²) in [6, 6.07) is 0. The molecule has 0 fully saturated rings. The monoisotopic (exact) mass is 671 g/mol. The molecule has 0 N–H and O–H groups in total. The number of halogens is 3. The zero-order valence-electron chi connectivity index (χ0n) is 8.18. The van der Waals surface area contributed by atoms with Gasteiger partial charge in [0.2, 0.25) is 0 Å². The van der Waals surface area contributed by atoms with Crippen LogP contribution in [0.15, 0.2) is 0 Å². The van der Waals surface area contributed by atoms with Crippen molar-refractivity contribution in [1.82, 2.24) is 0 Å². The molecule has 0 aromatic rings. The molecule has 0 aromatic carbocycles. The van der Waals surface area contributed by atoms with Crippen LogP contribution < -0.4 is 329 Å². The molecular formula is I3K5O4S. The van der Waals surface area contributed by atoms with Crippen LogP contribution in [0.25, 0.3) is 0 Å². The number of hydrogen-bond donors (Lipinski definition) is 0. The van der Waals surface area contributed by atoms with Crippen molar-refractivity contribution < 1.29 is 346 Å². The van der Waals surface area contributed by atoms with Crippen molar-refractivity contribution in [2.45, 2.75) is 0 Å². The summed E-state index contributed by atoms with van der Waals surface area (Å²) >= 11 is 0. The second-order valence-corrected chi connectivity index (χ2v) is 1.22. The fourth-order valence-corrected chi connectivity index (χ4v) is 0. The summed E-state index contributed by atoms with van der Waals surface area (Å²) in [5.74, 6) is 0. The van der Waals surface area contributed by atoms with Crippen LogP contribution >= 0.6 is 0 Å². The summed E-state index contributed by atoms with van der Waals surface area (Å²) < 4.78 is 34.1. The van der Waals surface area contributed by atoms with Gasteiger partial charge in [-0.15, -0.1) is 0 Å². The normalized spacial score (nSPS) is 4.46. The van der Waals surface area contributed by atoms with Crippen molar-refractivity contribution in [3.8, 4) is 0 Å². The van der Waals surface area contributed by atoms with Gasteiger partial charge in [0.05, 0.1) is 0 Å². The standard InChI is InChI=1S/3HI.5K.H2O4S/c;;;;;;;;1-5(2,3)4/h3*1H;;;;;;(H2,1,2,3,4)/q;;;5*+1;/p-5. The van der Waals surface area contributed by atoms with E-state index in [1.807, 2.05) is 0 Å². The average molecular weight is 672 g/mol. The van der Waals surface area contributed by atoms with Gasteiger partial charge in [-0.25, -0.2) is 0 Å². The summed E-state index contributed by atoms with van der Waals surface area (Å²) in [7, 11) is -5.17. The summed E-state index contributed by atoms with van der Waals surface area (Å²) in [6.07, 6.45) is 0. The first kappa shape index (κ1) is 56.7. The van der Waals surface area contributed by atoms with Crippen LogP contribution in [-0.4, -0.2) is 17.5 Å². The largest absolute Gasteiger partial charge is 1.00 e. The first-order chi connectivity index (χ1) is 2.00. The molecule has 0 aliphatic heterocycles. The molecule has 0 atom stereocenters. The first-order valence-electron chi connectivity index (χ1n) is 0.667. The Bertz CT molecular complexity index is 107. The van der Waals surface area contributed by atoms with Gasteiger partial charge in [0.15, 0.2) is 0 Å². The summed E-state index contributed by atoms with van der Waals surface area (Å²) in [5.41, 5.74) is 0. The molecule has 0 rings (SSSR count). The molecule has 0 aromatic heterocycles. The molecule has 0 aliphatic carbocycles. The zero-order valence-corrected chi connectivity index (χ0v) is 31.1. The van der Waals surface area contributed by atoms with Crippen LogP contribution in [0.2, 0.25) is 0 Å². The van der Waals surface area contributed by atoms with Crippen molar-refractivity contribution in [2.24, 2.45) is 0 Å². The average Bonchev–Trinajstić information content (AvgIpc) is 0.722. The van der Waals surface area contributed by atoms with Gasteiger partial charge in [-0.1, -0.05) is 0 Å². The molecule has 13 heavy (non-hydrogen) atoms. The van der Waals surface area contributed by atoms with Gasteiger partial charge in [-0.3, -0.25) is 8.42 Å². The molecule has 0 heterocycles. The van der Waals surface area contributed by atoms with E-state index >= 15 is 0 Å². The summed E-state index contributed by atoms with van der Waals surface area (Å²) in [4.78, 5) is 0. The summed E-state index contributed by atoms with van der Waals surface area (Å²) in [6.45, 7) is 0. The van der Waals surface area contributed by atoms with Gasteiger partial charge in [0, 0.05) is 10.4 Å². The van der Waals surface area contributed by atoms with E-state index in [9.17, 15) is 0 Å². The van der Waals surface area contributed by atoms with Crippen molar-refractivity contribution in [3.63, 3.8) is 0 Å². The Hall–Kier alpha value is 10.2. The third-order valence-corrected chi connectivity index (χ3v) is 0. The van der Waals surface area contributed by atoms with E-state index in [0.29, 0.717) is 0 Å². The minimum Gasteiger partial charge on any atom is -1.00 e. The Morgan fingerprint density at radius 2 is 0.615 bits per heavy atom. The second kappa shape index (κ2) is 38.0. The van der Waals surface area contributed by atoms with Crippen LogP contribution in [0.5, 0.6) is 0 Å². The Balaban J connectivity index is -0.00000000286. The van der Waals surface area contributed by atoms with Crippen molar-refractivity contribution in [2.75, 3.05) is 0 Å². The quantitative estimate of drug-likeness (QED) is 0.111. The van der Waals surface area contributed by atoms with Gasteiger partial charge in [-0.2, -0.15) is 0 Å². The van der Waals surface area contributed by atoms with E-state index < -0.39 is 10.4 Å². The minimum atomic E-state index is -5.17. The molecule has 0 unspecified atom stereocenters. The minimum absolute atomic E-state index is 0. The number of rotatable bonds is 0. The topological polar surface area (TPSA) is 80.3 Å². The summed E-state index contributed by atoms with van der Waals surface area (Å²) in [5, 5.41) is 0. The van der Waals surface area contributed by atoms with Gasteiger partial charge >= 0.3 is 257 Å². The predicted octanol–water partition coefficient (Wildman–Crippen LogP) is -25.3. The Kier molecular flexibility index (Phi) is 166. The van der Waals surface area contributed by atoms with Gasteiger partial charge in [0.1, 0.15) is 0 Å². The van der Waals surface area contributed by atoms with Gasteiger partial charge in [0.25, 0.3) is 0 Å². The Labute approximate surface area is 343 Å². The predicted molar refractivity (Wildman–Crippen MR) is 10.5 cm³/mol. The maximum Gasteiger partial charge on any atom is 1.00 e. The van der Waals surface area contributed by atoms with Crippen molar-refractivity contribution in [1.29, 1.82) is 0 Å². The fraction of sp³-hybridized carbons (Fsp3) is 0. The van der Waals surface area contributed by atoms with Crippen LogP contribution in [0.3, 0.4) is 0 Å². The molecule has 0 saturated heterocycles. The fourth-order valence-electron chi connectivity index (χ4n) is 0. The third-order valence-electron chi connectivity index (χ3n) is 0. The number of hydrogen-bond acceptors (Lipinski definition) is 4. The van der Waals surface area contributed by atoms with E-state index in [1.165, 1.54) is 0 Å². The maximum atomic E-state index is 8.52. The molecule has 0 radical (unpaired) electrons. The van der Waals surface area contributed by atoms with Gasteiger partial charge in [-0.05, 0) is 0 Å². The molecule has 0 aliphatic rings. The van der Waals surface area contributed by atoms with Crippen LogP contribution in [0.4, 0.5) is 0 Å². The van der Waals surface area contributed by atoms with Crippen LogP contribution in [0, 0.1) is 0 Å². The smallest absolute Gasteiger partial charge is 1.00 e. The molecule has 0 amide bonds. The molecule has 0 spiro atoms. The molecule has 0 saturated carbocycles. The Morgan fingerprint density at radius 1 is 0.615 bits per heavy atom. The van der Waals surface area contributed by atoms with Crippen LogP contribution in [-0.2, 0) is 10.4 Å². The van der Waals surface area contributed by atoms with Crippen molar-refractivity contribution >= 4 is 10.4 Å². The molecule has 0 bridgehead atoms. The van der Waals surface area contributed by atoms with Gasteiger partial charge < -0.3 is 81.0 Å². The molecule has 4 nitrogen and oxygen atoms in total. The maximum absolute atomic E-state index is 8.52. The van der Waals surface area contributed by atoms with E-state index in [2.05, 4.69) is 0 Å².